The van der Waals surface area contributed by atoms with E-state index in [2.05, 4.69) is 5.32 Å². The molecule has 0 spiro atoms. The van der Waals surface area contributed by atoms with E-state index in [-0.39, 0.29) is 31.0 Å². The Morgan fingerprint density at radius 3 is 2.60 bits per heavy atom. The number of benzene rings is 2. The van der Waals surface area contributed by atoms with E-state index in [1.54, 1.807) is 30.3 Å². The predicted octanol–water partition coefficient (Wildman–Crippen LogP) is 3.48. The fraction of sp³-hybridized carbons (Fsp3) is 0.261. The molecule has 12 heteroatoms. The molecule has 2 aliphatic rings. The van der Waals surface area contributed by atoms with E-state index < -0.39 is 43.8 Å². The highest BCUT2D eigenvalue weighted by Gasteiger charge is 2.40. The van der Waals surface area contributed by atoms with Gasteiger partial charge in [-0.25, -0.2) is 12.8 Å². The fourth-order valence-corrected chi connectivity index (χ4v) is 6.60. The second-order valence-electron chi connectivity index (χ2n) is 7.88. The van der Waals surface area contributed by atoms with Gasteiger partial charge in [0.05, 0.1) is 4.91 Å². The normalized spacial score (nSPS) is 20.1. The second kappa shape index (κ2) is 10.5. The summed E-state index contributed by atoms with van der Waals surface area (Å²) in [7, 11) is -4.20. The number of hydrogen-bond acceptors (Lipinski definition) is 6. The second-order valence-corrected chi connectivity index (χ2v) is 11.2. The monoisotopic (exact) mass is 537 g/mol. The Balaban J connectivity index is 1.37. The third-order valence-electron chi connectivity index (χ3n) is 5.61. The summed E-state index contributed by atoms with van der Waals surface area (Å²) in [6.07, 6.45) is 2.32. The Kier molecular flexibility index (Phi) is 7.60. The van der Waals surface area contributed by atoms with E-state index in [1.165, 1.54) is 12.1 Å². The molecule has 4 rings (SSSR count). The van der Waals surface area contributed by atoms with Crippen molar-refractivity contribution < 1.29 is 27.2 Å². The van der Waals surface area contributed by atoms with E-state index in [9.17, 15) is 27.2 Å². The largest absolute Gasteiger partial charge is 0.353 e. The number of nitrogens with zero attached hydrogens (tertiary/aromatic N) is 2. The van der Waals surface area contributed by atoms with Crippen molar-refractivity contribution in [1.82, 2.24) is 14.5 Å². The molecule has 2 fully saturated rings. The molecule has 0 saturated carbocycles. The Morgan fingerprint density at radius 1 is 1.17 bits per heavy atom. The zero-order valence-electron chi connectivity index (χ0n) is 18.3. The number of rotatable bonds is 7. The first-order valence-corrected chi connectivity index (χ1v) is 13.4. The van der Waals surface area contributed by atoms with Gasteiger partial charge in [-0.2, -0.15) is 4.31 Å². The Hall–Kier alpha value is -2.73. The zero-order chi connectivity index (χ0) is 25.2. The molecule has 2 saturated heterocycles. The van der Waals surface area contributed by atoms with Crippen LogP contribution in [-0.4, -0.2) is 60.4 Å². The van der Waals surface area contributed by atoms with Crippen LogP contribution in [0.15, 0.2) is 58.3 Å². The van der Waals surface area contributed by atoms with Gasteiger partial charge in [-0.3, -0.25) is 19.3 Å². The van der Waals surface area contributed by atoms with Crippen LogP contribution in [0.3, 0.4) is 0 Å². The van der Waals surface area contributed by atoms with Gasteiger partial charge in [0, 0.05) is 24.7 Å². The molecule has 1 N–H and O–H groups in total. The number of hydrogen-bond donors (Lipinski definition) is 1. The summed E-state index contributed by atoms with van der Waals surface area (Å²) in [5, 5.41) is 2.69. The molecule has 2 aromatic rings. The first-order valence-electron chi connectivity index (χ1n) is 10.7. The van der Waals surface area contributed by atoms with Gasteiger partial charge in [0.15, 0.2) is 0 Å². The quantitative estimate of drug-likeness (QED) is 0.542. The van der Waals surface area contributed by atoms with Crippen LogP contribution in [0, 0.1) is 5.82 Å². The van der Waals surface area contributed by atoms with Gasteiger partial charge < -0.3 is 5.32 Å². The number of thioether (sulfide) groups is 1. The molecule has 0 aromatic heterocycles. The lowest BCUT2D eigenvalue weighted by Crippen LogP contribution is -2.47. The molecule has 2 aromatic carbocycles. The van der Waals surface area contributed by atoms with Crippen LogP contribution in [0.4, 0.5) is 9.18 Å². The molecule has 0 unspecified atom stereocenters. The lowest BCUT2D eigenvalue weighted by Gasteiger charge is -2.24. The first-order chi connectivity index (χ1) is 16.7. The summed E-state index contributed by atoms with van der Waals surface area (Å²) in [5.74, 6) is -1.93. The van der Waals surface area contributed by atoms with Gasteiger partial charge in [-0.15, -0.1) is 0 Å². The van der Waals surface area contributed by atoms with Crippen molar-refractivity contribution in [3.8, 4) is 0 Å². The Labute approximate surface area is 211 Å². The van der Waals surface area contributed by atoms with Crippen LogP contribution < -0.4 is 5.32 Å². The van der Waals surface area contributed by atoms with E-state index in [0.29, 0.717) is 17.0 Å². The molecule has 0 bridgehead atoms. The van der Waals surface area contributed by atoms with Crippen LogP contribution in [-0.2, 0) is 19.6 Å². The smallest absolute Gasteiger partial charge is 0.293 e. The minimum absolute atomic E-state index is 0.0464. The van der Waals surface area contributed by atoms with Crippen LogP contribution in [0.2, 0.25) is 5.02 Å². The van der Waals surface area contributed by atoms with Gasteiger partial charge in [0.25, 0.3) is 11.1 Å². The van der Waals surface area contributed by atoms with Crippen LogP contribution >= 0.6 is 23.4 Å². The summed E-state index contributed by atoms with van der Waals surface area (Å²) in [5.41, 5.74) is 0.714. The highest BCUT2D eigenvalue weighted by atomic mass is 35.5. The highest BCUT2D eigenvalue weighted by Crippen LogP contribution is 2.32. The lowest BCUT2D eigenvalue weighted by atomic mass is 10.2. The van der Waals surface area contributed by atoms with Crippen molar-refractivity contribution in [3.63, 3.8) is 0 Å². The molecular weight excluding hydrogens is 517 g/mol. The molecule has 8 nitrogen and oxygen atoms in total. The van der Waals surface area contributed by atoms with Crippen LogP contribution in [0.25, 0.3) is 6.08 Å². The average molecular weight is 538 g/mol. The van der Waals surface area contributed by atoms with Crippen molar-refractivity contribution in [2.75, 3.05) is 19.6 Å². The Bertz CT molecular complexity index is 1300. The summed E-state index contributed by atoms with van der Waals surface area (Å²) in [6.45, 7) is -0.0241. The molecule has 1 atom stereocenters. The van der Waals surface area contributed by atoms with Gasteiger partial charge >= 0.3 is 0 Å². The maximum absolute atomic E-state index is 14.1. The van der Waals surface area contributed by atoms with E-state index >= 15 is 0 Å². The van der Waals surface area contributed by atoms with E-state index in [0.717, 1.165) is 33.1 Å². The number of halogens is 2. The van der Waals surface area contributed by atoms with Crippen LogP contribution in [0.1, 0.15) is 18.4 Å². The maximum Gasteiger partial charge on any atom is 0.293 e. The molecule has 0 radical (unpaired) electrons. The van der Waals surface area contributed by atoms with Crippen LogP contribution in [0.5, 0.6) is 0 Å². The lowest BCUT2D eigenvalue weighted by molar-refractivity contribution is -0.125. The fourth-order valence-electron chi connectivity index (χ4n) is 3.88. The van der Waals surface area contributed by atoms with Crippen molar-refractivity contribution in [1.29, 1.82) is 0 Å². The number of imide groups is 1. The van der Waals surface area contributed by atoms with Gasteiger partial charge in [-0.1, -0.05) is 35.9 Å². The number of amides is 3. The highest BCUT2D eigenvalue weighted by molar-refractivity contribution is 8.18. The number of sulfonamides is 1. The summed E-state index contributed by atoms with van der Waals surface area (Å²) >= 11 is 6.66. The first kappa shape index (κ1) is 25.4. The van der Waals surface area contributed by atoms with Crippen molar-refractivity contribution in [3.05, 3.63) is 69.8 Å². The number of nitrogens with one attached hydrogen (secondary N) is 1. The predicted molar refractivity (Wildman–Crippen MR) is 130 cm³/mol. The van der Waals surface area contributed by atoms with Crippen molar-refractivity contribution >= 4 is 56.5 Å². The standard InChI is InChI=1S/C23H21ClFN3O5S2/c24-16-9-7-15(8-10-16)14-19-22(30)27(23(31)34-19)13-11-26-21(29)18-5-3-12-28(18)35(32,33)20-6-2-1-4-17(20)25/h1-2,4,6-10,14,18H,3,5,11-13H2,(H,26,29)/b19-14-/t18-/m0/s1. The zero-order valence-corrected chi connectivity index (χ0v) is 20.7. The number of carbonyl (C=O) groups is 3. The SMILES string of the molecule is O=C(NCCN1C(=O)S/C(=C\c2ccc(Cl)cc2)C1=O)[C@@H]1CCCN1S(=O)(=O)c1ccccc1F. The average Bonchev–Trinajstić information content (AvgIpc) is 3.42. The minimum Gasteiger partial charge on any atom is -0.353 e. The summed E-state index contributed by atoms with van der Waals surface area (Å²) in [6, 6.07) is 10.8. The molecule has 0 aliphatic carbocycles. The van der Waals surface area contributed by atoms with E-state index in [1.807, 2.05) is 0 Å². The molecule has 3 amide bonds. The maximum atomic E-state index is 14.1. The summed E-state index contributed by atoms with van der Waals surface area (Å²) < 4.78 is 41.0. The Morgan fingerprint density at radius 2 is 1.89 bits per heavy atom. The van der Waals surface area contributed by atoms with Gasteiger partial charge in [0.1, 0.15) is 16.8 Å². The topological polar surface area (TPSA) is 104 Å². The third-order valence-corrected chi connectivity index (χ3v) is 8.71. The van der Waals surface area contributed by atoms with Gasteiger partial charge in [-0.05, 0) is 60.5 Å². The molecule has 2 aliphatic heterocycles. The number of carbonyl (C=O) groups excluding carboxylic acids is 3. The molecular formula is C23H21ClFN3O5S2. The third kappa shape index (κ3) is 5.43. The van der Waals surface area contributed by atoms with Crippen molar-refractivity contribution in [2.24, 2.45) is 0 Å². The molecule has 2 heterocycles. The van der Waals surface area contributed by atoms with Gasteiger partial charge in [0.2, 0.25) is 15.9 Å². The molecule has 35 heavy (non-hydrogen) atoms. The summed E-state index contributed by atoms with van der Waals surface area (Å²) in [4.78, 5) is 38.5. The minimum atomic E-state index is -4.20. The molecule has 184 valence electrons. The van der Waals surface area contributed by atoms with Crippen molar-refractivity contribution in [2.45, 2.75) is 23.8 Å². The van der Waals surface area contributed by atoms with E-state index in [4.69, 9.17) is 11.6 Å².